The number of aryl methyl sites for hydroxylation is 1. The lowest BCUT2D eigenvalue weighted by Gasteiger charge is -2.18. The molecule has 0 saturated heterocycles. The second kappa shape index (κ2) is 3.96. The van der Waals surface area contributed by atoms with E-state index in [9.17, 15) is 13.2 Å². The van der Waals surface area contributed by atoms with E-state index in [4.69, 9.17) is 0 Å². The molecule has 2 radical (unpaired) electrons. The van der Waals surface area contributed by atoms with Gasteiger partial charge in [-0.05, 0) is 13.0 Å². The molecule has 0 aliphatic heterocycles. The minimum atomic E-state index is -4.52. The Morgan fingerprint density at radius 3 is 2.43 bits per heavy atom. The van der Waals surface area contributed by atoms with Crippen LogP contribution in [0.25, 0.3) is 0 Å². The van der Waals surface area contributed by atoms with Gasteiger partial charge in [-0.2, -0.15) is 13.2 Å². The van der Waals surface area contributed by atoms with Crippen LogP contribution in [0.5, 0.6) is 0 Å². The van der Waals surface area contributed by atoms with Crippen molar-refractivity contribution in [1.29, 1.82) is 0 Å². The molecule has 1 unspecified atom stereocenters. The highest BCUT2D eigenvalue weighted by Crippen LogP contribution is 2.35. The maximum Gasteiger partial charge on any atom is 0.418 e. The molecular weight excluding hydrogens is 195 g/mol. The summed E-state index contributed by atoms with van der Waals surface area (Å²) < 4.78 is 40.7. The molecule has 1 heterocycles. The highest BCUT2D eigenvalue weighted by molar-refractivity contribution is 5.17. The summed E-state index contributed by atoms with van der Waals surface area (Å²) in [6.07, 6.45) is -5.54. The minimum absolute atomic E-state index is 0.106. The smallest absolute Gasteiger partial charge is 0.355 e. The first-order chi connectivity index (χ1) is 6.45. The van der Waals surface area contributed by atoms with Gasteiger partial charge in [-0.15, -0.1) is 0 Å². The van der Waals surface area contributed by atoms with Gasteiger partial charge >= 0.3 is 6.18 Å². The number of aromatic nitrogens is 1. The number of nitrogens with zero attached hydrogens (tertiary/aromatic N) is 1. The van der Waals surface area contributed by atoms with Gasteiger partial charge in [0.2, 0.25) is 0 Å². The third-order valence-electron chi connectivity index (χ3n) is 1.67. The van der Waals surface area contributed by atoms with Crippen molar-refractivity contribution >= 4 is 0 Å². The molecular formula is C9H8F3NO. The summed E-state index contributed by atoms with van der Waals surface area (Å²) in [5.74, 6) is 0. The standard InChI is InChI=1S/C9H8F3NO/c1-6-3-4-7(5-13-6)8(14-2)9(10,11)12/h2-5,8H,1H3. The lowest BCUT2D eigenvalue weighted by molar-refractivity contribution is -0.210. The van der Waals surface area contributed by atoms with E-state index in [0.29, 0.717) is 5.69 Å². The summed E-state index contributed by atoms with van der Waals surface area (Å²) in [7, 11) is 4.58. The van der Waals surface area contributed by atoms with Crippen LogP contribution in [0.4, 0.5) is 13.2 Å². The third-order valence-corrected chi connectivity index (χ3v) is 1.67. The Labute approximate surface area is 79.7 Å². The molecule has 0 spiro atoms. The number of alkyl halides is 3. The van der Waals surface area contributed by atoms with Gasteiger partial charge in [-0.3, -0.25) is 4.98 Å². The van der Waals surface area contributed by atoms with Crippen molar-refractivity contribution in [1.82, 2.24) is 4.98 Å². The summed E-state index contributed by atoms with van der Waals surface area (Å²) in [4.78, 5) is 3.73. The topological polar surface area (TPSA) is 22.1 Å². The van der Waals surface area contributed by atoms with Crippen LogP contribution in [0.15, 0.2) is 18.3 Å². The van der Waals surface area contributed by atoms with E-state index in [1.54, 1.807) is 6.92 Å². The first kappa shape index (κ1) is 11.0. The van der Waals surface area contributed by atoms with E-state index >= 15 is 0 Å². The van der Waals surface area contributed by atoms with Crippen LogP contribution in [-0.2, 0) is 4.74 Å². The van der Waals surface area contributed by atoms with Crippen LogP contribution in [-0.4, -0.2) is 11.2 Å². The molecule has 0 saturated carbocycles. The first-order valence-corrected chi connectivity index (χ1v) is 3.80. The molecule has 0 bridgehead atoms. The third kappa shape index (κ3) is 2.45. The Balaban J connectivity index is 2.96. The van der Waals surface area contributed by atoms with E-state index in [2.05, 4.69) is 16.8 Å². The van der Waals surface area contributed by atoms with Gasteiger partial charge in [0.1, 0.15) is 7.11 Å². The molecule has 1 aromatic heterocycles. The van der Waals surface area contributed by atoms with Crippen molar-refractivity contribution in [3.8, 4) is 0 Å². The van der Waals surface area contributed by atoms with Crippen molar-refractivity contribution < 1.29 is 17.9 Å². The quantitative estimate of drug-likeness (QED) is 0.737. The van der Waals surface area contributed by atoms with Gasteiger partial charge in [0.25, 0.3) is 0 Å². The largest absolute Gasteiger partial charge is 0.418 e. The molecule has 14 heavy (non-hydrogen) atoms. The number of hydrogen-bond donors (Lipinski definition) is 0. The Morgan fingerprint density at radius 1 is 1.43 bits per heavy atom. The van der Waals surface area contributed by atoms with Crippen LogP contribution < -0.4 is 0 Å². The molecule has 5 heteroatoms. The van der Waals surface area contributed by atoms with E-state index < -0.39 is 12.3 Å². The van der Waals surface area contributed by atoms with Gasteiger partial charge in [-0.25, -0.2) is 0 Å². The Morgan fingerprint density at radius 2 is 2.07 bits per heavy atom. The summed E-state index contributed by atoms with van der Waals surface area (Å²) in [5, 5.41) is 0. The van der Waals surface area contributed by atoms with Crippen LogP contribution in [0.3, 0.4) is 0 Å². The van der Waals surface area contributed by atoms with Gasteiger partial charge in [0.15, 0.2) is 6.10 Å². The average Bonchev–Trinajstić information content (AvgIpc) is 2.07. The fourth-order valence-electron chi connectivity index (χ4n) is 0.979. The summed E-state index contributed by atoms with van der Waals surface area (Å²) >= 11 is 0. The molecule has 0 aliphatic rings. The van der Waals surface area contributed by atoms with Gasteiger partial charge < -0.3 is 4.74 Å². The minimum Gasteiger partial charge on any atom is -0.355 e. The van der Waals surface area contributed by atoms with Crippen molar-refractivity contribution in [3.63, 3.8) is 0 Å². The molecule has 1 rings (SSSR count). The number of hydrogen-bond acceptors (Lipinski definition) is 2. The fraction of sp³-hybridized carbons (Fsp3) is 0.333. The van der Waals surface area contributed by atoms with Crippen molar-refractivity contribution in [3.05, 3.63) is 36.7 Å². The van der Waals surface area contributed by atoms with Crippen LogP contribution in [0.1, 0.15) is 17.4 Å². The molecule has 0 amide bonds. The van der Waals surface area contributed by atoms with Gasteiger partial charge in [-0.1, -0.05) is 6.07 Å². The van der Waals surface area contributed by atoms with Gasteiger partial charge in [0, 0.05) is 17.5 Å². The van der Waals surface area contributed by atoms with Crippen LogP contribution in [0, 0.1) is 14.0 Å². The SMILES string of the molecule is [CH]OC(c1ccc(C)nc1)C(F)(F)F. The molecule has 2 nitrogen and oxygen atoms in total. The second-order valence-corrected chi connectivity index (χ2v) is 2.79. The normalized spacial score (nSPS) is 14.1. The highest BCUT2D eigenvalue weighted by Gasteiger charge is 2.41. The Hall–Kier alpha value is -1.10. The number of halogens is 3. The zero-order chi connectivity index (χ0) is 10.8. The zero-order valence-electron chi connectivity index (χ0n) is 7.38. The molecule has 0 aliphatic carbocycles. The number of ether oxygens (including phenoxy) is 1. The Bertz CT molecular complexity index is 294. The average molecular weight is 203 g/mol. The van der Waals surface area contributed by atoms with E-state index in [0.717, 1.165) is 6.20 Å². The molecule has 76 valence electrons. The second-order valence-electron chi connectivity index (χ2n) is 2.79. The van der Waals surface area contributed by atoms with Crippen molar-refractivity contribution in [2.75, 3.05) is 0 Å². The lowest BCUT2D eigenvalue weighted by Crippen LogP contribution is -2.21. The Kier molecular flexibility index (Phi) is 3.10. The highest BCUT2D eigenvalue weighted by atomic mass is 19.4. The summed E-state index contributed by atoms with van der Waals surface area (Å²) in [5.41, 5.74) is 0.525. The van der Waals surface area contributed by atoms with E-state index in [1.807, 2.05) is 0 Å². The van der Waals surface area contributed by atoms with Gasteiger partial charge in [0.05, 0.1) is 0 Å². The first-order valence-electron chi connectivity index (χ1n) is 3.80. The number of pyridine rings is 1. The zero-order valence-corrected chi connectivity index (χ0v) is 7.38. The van der Waals surface area contributed by atoms with Crippen LogP contribution >= 0.6 is 0 Å². The molecule has 1 aromatic rings. The molecule has 0 fully saturated rings. The van der Waals surface area contributed by atoms with Crippen LogP contribution in [0.2, 0.25) is 0 Å². The number of rotatable bonds is 2. The predicted molar refractivity (Wildman–Crippen MR) is 43.2 cm³/mol. The molecule has 0 N–H and O–H groups in total. The maximum atomic E-state index is 12.3. The van der Waals surface area contributed by atoms with Crippen molar-refractivity contribution in [2.45, 2.75) is 19.2 Å². The molecule has 1 atom stereocenters. The summed E-state index contributed by atoms with van der Waals surface area (Å²) in [6, 6.07) is 2.75. The maximum absolute atomic E-state index is 12.3. The van der Waals surface area contributed by atoms with Crippen molar-refractivity contribution in [2.24, 2.45) is 0 Å². The van der Waals surface area contributed by atoms with E-state index in [1.165, 1.54) is 12.1 Å². The predicted octanol–water partition coefficient (Wildman–Crippen LogP) is 2.68. The fourth-order valence-corrected chi connectivity index (χ4v) is 0.979. The molecule has 0 aromatic carbocycles. The van der Waals surface area contributed by atoms with E-state index in [-0.39, 0.29) is 5.56 Å². The summed E-state index contributed by atoms with van der Waals surface area (Å²) in [6.45, 7) is 1.68. The monoisotopic (exact) mass is 203 g/mol. The lowest BCUT2D eigenvalue weighted by atomic mass is 10.1.